The maximum Gasteiger partial charge on any atom is 0.326 e. The number of unbranched alkanes of at least 4 members (excludes halogenated alkanes) is 4. The average molecular weight is 568 g/mol. The number of rotatable bonds is 13. The fourth-order valence-electron chi connectivity index (χ4n) is 4.72. The Morgan fingerprint density at radius 3 is 2.31 bits per heavy atom. The zero-order chi connectivity index (χ0) is 30.1. The highest BCUT2D eigenvalue weighted by molar-refractivity contribution is 5.96. The molecule has 1 heterocycles. The molecule has 0 spiro atoms. The summed E-state index contributed by atoms with van der Waals surface area (Å²) in [5.74, 6) is -0.0952. The number of nitrogens with one attached hydrogen (secondary N) is 1. The Hall–Kier alpha value is -4.26. The van der Waals surface area contributed by atoms with Gasteiger partial charge in [-0.2, -0.15) is 0 Å². The molecular formula is C35H41N3O4. The van der Waals surface area contributed by atoms with Crippen molar-refractivity contribution >= 4 is 22.8 Å². The highest BCUT2D eigenvalue weighted by Gasteiger charge is 2.22. The minimum atomic E-state index is -1.09. The van der Waals surface area contributed by atoms with Gasteiger partial charge in [-0.25, -0.2) is 14.8 Å². The zero-order valence-corrected chi connectivity index (χ0v) is 25.0. The van der Waals surface area contributed by atoms with Crippen molar-refractivity contribution < 1.29 is 19.4 Å². The lowest BCUT2D eigenvalue weighted by atomic mass is 9.86. The van der Waals surface area contributed by atoms with E-state index >= 15 is 0 Å². The van der Waals surface area contributed by atoms with E-state index in [9.17, 15) is 14.7 Å². The molecule has 0 saturated carbocycles. The van der Waals surface area contributed by atoms with Gasteiger partial charge in [-0.15, -0.1) is 0 Å². The minimum absolute atomic E-state index is 0.0336. The molecule has 1 atom stereocenters. The number of hydrogen-bond acceptors (Lipinski definition) is 5. The van der Waals surface area contributed by atoms with Gasteiger partial charge >= 0.3 is 5.97 Å². The normalized spacial score (nSPS) is 12.2. The SMILES string of the molecule is CCCCCCCOc1ccc2nc(-c3ccc(CC(NC(=O)c4ccc(C(C)(C)C)cc4)C(=O)O)cc3)ncc2c1. The van der Waals surface area contributed by atoms with E-state index in [1.165, 1.54) is 25.7 Å². The number of nitrogens with zero attached hydrogens (tertiary/aromatic N) is 2. The van der Waals surface area contributed by atoms with Gasteiger partial charge in [0.2, 0.25) is 0 Å². The number of benzene rings is 3. The van der Waals surface area contributed by atoms with Gasteiger partial charge in [-0.1, -0.05) is 89.8 Å². The summed E-state index contributed by atoms with van der Waals surface area (Å²) in [4.78, 5) is 34.0. The first-order valence-corrected chi connectivity index (χ1v) is 14.8. The molecule has 1 aromatic heterocycles. The number of fused-ring (bicyclic) bond motifs is 1. The van der Waals surface area contributed by atoms with Gasteiger partial charge in [0.05, 0.1) is 12.1 Å². The monoisotopic (exact) mass is 567 g/mol. The molecule has 7 nitrogen and oxygen atoms in total. The smallest absolute Gasteiger partial charge is 0.326 e. The van der Waals surface area contributed by atoms with Crippen molar-refractivity contribution in [3.63, 3.8) is 0 Å². The largest absolute Gasteiger partial charge is 0.494 e. The fraction of sp³-hybridized carbons (Fsp3) is 0.371. The van der Waals surface area contributed by atoms with Crippen molar-refractivity contribution in [3.05, 3.63) is 89.6 Å². The van der Waals surface area contributed by atoms with Crippen LogP contribution < -0.4 is 10.1 Å². The van der Waals surface area contributed by atoms with Crippen LogP contribution in [0.1, 0.15) is 81.3 Å². The van der Waals surface area contributed by atoms with Crippen molar-refractivity contribution in [1.82, 2.24) is 15.3 Å². The molecule has 4 aromatic rings. The second-order valence-corrected chi connectivity index (χ2v) is 11.8. The molecule has 0 aliphatic heterocycles. The molecule has 0 saturated heterocycles. The summed E-state index contributed by atoms with van der Waals surface area (Å²) in [6, 6.07) is 19.5. The number of carboxylic acids is 1. The van der Waals surface area contributed by atoms with Crippen molar-refractivity contribution in [3.8, 4) is 17.1 Å². The highest BCUT2D eigenvalue weighted by atomic mass is 16.5. The van der Waals surface area contributed by atoms with Gasteiger partial charge in [0, 0.05) is 29.1 Å². The number of carbonyl (C=O) groups excluding carboxylic acids is 1. The molecule has 0 bridgehead atoms. The van der Waals surface area contributed by atoms with Crippen LogP contribution in [0.2, 0.25) is 0 Å². The number of amides is 1. The molecule has 0 aliphatic carbocycles. The van der Waals surface area contributed by atoms with Gasteiger partial charge in [0.15, 0.2) is 5.82 Å². The van der Waals surface area contributed by atoms with Crippen LogP contribution in [0.25, 0.3) is 22.3 Å². The molecular weight excluding hydrogens is 526 g/mol. The van der Waals surface area contributed by atoms with E-state index < -0.39 is 17.9 Å². The van der Waals surface area contributed by atoms with Crippen LogP contribution in [0, 0.1) is 0 Å². The summed E-state index contributed by atoms with van der Waals surface area (Å²) in [5.41, 5.74) is 3.93. The van der Waals surface area contributed by atoms with Gasteiger partial charge < -0.3 is 15.2 Å². The van der Waals surface area contributed by atoms with Crippen molar-refractivity contribution in [2.75, 3.05) is 6.61 Å². The van der Waals surface area contributed by atoms with E-state index in [1.54, 1.807) is 18.3 Å². The summed E-state index contributed by atoms with van der Waals surface area (Å²) in [7, 11) is 0. The van der Waals surface area contributed by atoms with E-state index in [0.717, 1.165) is 39.8 Å². The number of carboxylic acid groups (broad SMARTS) is 1. The molecule has 1 unspecified atom stereocenters. The molecule has 7 heteroatoms. The molecule has 0 fully saturated rings. The van der Waals surface area contributed by atoms with Crippen LogP contribution >= 0.6 is 0 Å². The van der Waals surface area contributed by atoms with Crippen LogP contribution in [-0.2, 0) is 16.6 Å². The molecule has 2 N–H and O–H groups in total. The Labute approximate surface area is 248 Å². The Kier molecular flexibility index (Phi) is 10.3. The van der Waals surface area contributed by atoms with Gasteiger partial charge in [-0.05, 0) is 53.3 Å². The number of hydrogen-bond donors (Lipinski definition) is 2. The third-order valence-corrected chi connectivity index (χ3v) is 7.34. The lowest BCUT2D eigenvalue weighted by Crippen LogP contribution is -2.42. The second-order valence-electron chi connectivity index (χ2n) is 11.8. The molecule has 4 rings (SSSR count). The molecule has 1 amide bonds. The maximum atomic E-state index is 12.8. The molecule has 0 aliphatic rings. The fourth-order valence-corrected chi connectivity index (χ4v) is 4.72. The first-order chi connectivity index (χ1) is 20.1. The van der Waals surface area contributed by atoms with E-state index in [0.29, 0.717) is 18.0 Å². The lowest BCUT2D eigenvalue weighted by molar-refractivity contribution is -0.139. The van der Waals surface area contributed by atoms with Crippen molar-refractivity contribution in [2.24, 2.45) is 0 Å². The minimum Gasteiger partial charge on any atom is -0.494 e. The number of aliphatic carboxylic acids is 1. The van der Waals surface area contributed by atoms with E-state index in [1.807, 2.05) is 54.6 Å². The second kappa shape index (κ2) is 14.1. The Bertz CT molecular complexity index is 1490. The summed E-state index contributed by atoms with van der Waals surface area (Å²) in [6.45, 7) is 9.22. The van der Waals surface area contributed by atoms with E-state index in [2.05, 4.69) is 38.0 Å². The van der Waals surface area contributed by atoms with E-state index in [-0.39, 0.29) is 11.8 Å². The number of ether oxygens (including phenoxy) is 1. The van der Waals surface area contributed by atoms with Crippen molar-refractivity contribution in [2.45, 2.75) is 77.7 Å². The summed E-state index contributed by atoms with van der Waals surface area (Å²) in [6.07, 6.45) is 7.94. The molecule has 42 heavy (non-hydrogen) atoms. The van der Waals surface area contributed by atoms with E-state index in [4.69, 9.17) is 9.72 Å². The third kappa shape index (κ3) is 8.38. The Balaban J connectivity index is 1.37. The molecule has 3 aromatic carbocycles. The highest BCUT2D eigenvalue weighted by Crippen LogP contribution is 2.24. The van der Waals surface area contributed by atoms with Gasteiger partial charge in [-0.3, -0.25) is 4.79 Å². The first-order valence-electron chi connectivity index (χ1n) is 14.8. The number of carbonyl (C=O) groups is 2. The van der Waals surface area contributed by atoms with Crippen molar-refractivity contribution in [1.29, 1.82) is 0 Å². The van der Waals surface area contributed by atoms with Crippen LogP contribution in [-0.4, -0.2) is 39.6 Å². The standard InChI is InChI=1S/C35H41N3O4/c1-5-6-7-8-9-20-42-29-18-19-30-27(22-29)23-36-32(37-30)25-12-10-24(11-13-25)21-31(34(40)41)38-33(39)26-14-16-28(17-15-26)35(2,3)4/h10-19,22-23,31H,5-9,20-21H2,1-4H3,(H,38,39)(H,40,41). The Morgan fingerprint density at radius 2 is 1.64 bits per heavy atom. The topological polar surface area (TPSA) is 101 Å². The van der Waals surface area contributed by atoms with Gasteiger partial charge in [0.25, 0.3) is 5.91 Å². The van der Waals surface area contributed by atoms with Crippen LogP contribution in [0.5, 0.6) is 5.75 Å². The predicted octanol–water partition coefficient (Wildman–Crippen LogP) is 7.37. The summed E-state index contributed by atoms with van der Waals surface area (Å²) >= 11 is 0. The zero-order valence-electron chi connectivity index (χ0n) is 25.0. The molecule has 0 radical (unpaired) electrons. The lowest BCUT2D eigenvalue weighted by Gasteiger charge is -2.19. The molecule has 220 valence electrons. The first kappa shape index (κ1) is 30.7. The van der Waals surface area contributed by atoms with Crippen LogP contribution in [0.3, 0.4) is 0 Å². The van der Waals surface area contributed by atoms with Crippen LogP contribution in [0.15, 0.2) is 72.9 Å². The summed E-state index contributed by atoms with van der Waals surface area (Å²) < 4.78 is 5.91. The Morgan fingerprint density at radius 1 is 0.929 bits per heavy atom. The third-order valence-electron chi connectivity index (χ3n) is 7.34. The summed E-state index contributed by atoms with van der Waals surface area (Å²) in [5, 5.41) is 13.4. The number of aromatic nitrogens is 2. The maximum absolute atomic E-state index is 12.8. The van der Waals surface area contributed by atoms with Crippen LogP contribution in [0.4, 0.5) is 0 Å². The quantitative estimate of drug-likeness (QED) is 0.164. The van der Waals surface area contributed by atoms with Gasteiger partial charge in [0.1, 0.15) is 11.8 Å². The predicted molar refractivity (Wildman–Crippen MR) is 167 cm³/mol. The average Bonchev–Trinajstić information content (AvgIpc) is 2.98.